The first-order valence-electron chi connectivity index (χ1n) is 13.7. The molecule has 0 unspecified atom stereocenters. The Hall–Kier alpha value is -3.52. The Morgan fingerprint density at radius 3 is 2.37 bits per heavy atom. The highest BCUT2D eigenvalue weighted by atomic mass is 16.2. The summed E-state index contributed by atoms with van der Waals surface area (Å²) in [5.41, 5.74) is 3.07. The van der Waals surface area contributed by atoms with Gasteiger partial charge in [-0.2, -0.15) is 4.98 Å². The Balaban J connectivity index is 1.30. The largest absolute Gasteiger partial charge is 0.348 e. The van der Waals surface area contributed by atoms with E-state index >= 15 is 0 Å². The quantitative estimate of drug-likeness (QED) is 0.416. The van der Waals surface area contributed by atoms with Crippen LogP contribution >= 0.6 is 0 Å². The summed E-state index contributed by atoms with van der Waals surface area (Å²) < 4.78 is 1.70. The minimum atomic E-state index is -0.0599. The minimum Gasteiger partial charge on any atom is -0.348 e. The van der Waals surface area contributed by atoms with Gasteiger partial charge in [0, 0.05) is 55.9 Å². The molecule has 1 aliphatic carbocycles. The van der Waals surface area contributed by atoms with Crippen molar-refractivity contribution < 1.29 is 4.79 Å². The van der Waals surface area contributed by atoms with Crippen LogP contribution in [0, 0.1) is 5.92 Å². The van der Waals surface area contributed by atoms with Crippen LogP contribution in [0.15, 0.2) is 60.0 Å². The van der Waals surface area contributed by atoms with Gasteiger partial charge in [-0.15, -0.1) is 0 Å². The predicted octanol–water partition coefficient (Wildman–Crippen LogP) is 4.72. The Labute approximate surface area is 224 Å². The molecule has 0 spiro atoms. The zero-order valence-electron chi connectivity index (χ0n) is 22.6. The Kier molecular flexibility index (Phi) is 7.61. The maximum Gasteiger partial charge on any atom is 0.252 e. The normalized spacial score (nSPS) is 17.9. The molecule has 1 saturated carbocycles. The number of rotatable bonds is 9. The van der Waals surface area contributed by atoms with Gasteiger partial charge < -0.3 is 10.2 Å². The van der Waals surface area contributed by atoms with Gasteiger partial charge in [0.05, 0.1) is 6.04 Å². The number of benzene rings is 1. The van der Waals surface area contributed by atoms with Crippen molar-refractivity contribution in [1.29, 1.82) is 0 Å². The summed E-state index contributed by atoms with van der Waals surface area (Å²) in [6.45, 7) is 13.0. The fourth-order valence-corrected chi connectivity index (χ4v) is 5.44. The van der Waals surface area contributed by atoms with Crippen LogP contribution < -0.4 is 10.9 Å². The number of aromatic nitrogens is 3. The van der Waals surface area contributed by atoms with E-state index in [1.165, 1.54) is 30.9 Å². The summed E-state index contributed by atoms with van der Waals surface area (Å²) in [7, 11) is 0. The molecule has 1 aromatic carbocycles. The van der Waals surface area contributed by atoms with E-state index in [1.54, 1.807) is 22.9 Å². The van der Waals surface area contributed by atoms with E-state index in [1.807, 2.05) is 18.7 Å². The predicted molar refractivity (Wildman–Crippen MR) is 151 cm³/mol. The first-order chi connectivity index (χ1) is 18.3. The molecular weight excluding hydrogens is 476 g/mol. The average Bonchev–Trinajstić information content (AvgIpc) is 3.75. The van der Waals surface area contributed by atoms with Gasteiger partial charge in [-0.25, -0.2) is 4.98 Å². The molecule has 3 aromatic rings. The van der Waals surface area contributed by atoms with Crippen molar-refractivity contribution >= 4 is 22.9 Å². The summed E-state index contributed by atoms with van der Waals surface area (Å²) in [5, 5.41) is 4.26. The third-order valence-electron chi connectivity index (χ3n) is 7.85. The van der Waals surface area contributed by atoms with Gasteiger partial charge in [-0.1, -0.05) is 43.7 Å². The van der Waals surface area contributed by atoms with Crippen LogP contribution in [-0.2, 0) is 4.79 Å². The number of pyridine rings is 1. The monoisotopic (exact) mass is 514 g/mol. The van der Waals surface area contributed by atoms with Gasteiger partial charge in [0.25, 0.3) is 5.56 Å². The van der Waals surface area contributed by atoms with E-state index in [0.29, 0.717) is 17.6 Å². The molecule has 2 fully saturated rings. The molecule has 5 rings (SSSR count). The number of nitrogens with zero attached hydrogens (tertiary/aromatic N) is 5. The lowest BCUT2D eigenvalue weighted by atomic mass is 9.96. The Bertz CT molecular complexity index is 1350. The van der Waals surface area contributed by atoms with E-state index in [9.17, 15) is 9.59 Å². The first kappa shape index (κ1) is 26.1. The second-order valence-corrected chi connectivity index (χ2v) is 10.9. The van der Waals surface area contributed by atoms with Gasteiger partial charge in [0.15, 0.2) is 0 Å². The van der Waals surface area contributed by atoms with Crippen molar-refractivity contribution in [2.24, 2.45) is 5.92 Å². The molecule has 38 heavy (non-hydrogen) atoms. The molecule has 3 heterocycles. The minimum absolute atomic E-state index is 0.000207. The van der Waals surface area contributed by atoms with Crippen molar-refractivity contribution in [2.45, 2.75) is 58.2 Å². The lowest BCUT2D eigenvalue weighted by Gasteiger charge is -2.39. The smallest absolute Gasteiger partial charge is 0.252 e. The highest BCUT2D eigenvalue weighted by Gasteiger charge is 2.32. The molecule has 200 valence electrons. The maximum absolute atomic E-state index is 12.4. The number of nitrogens with one attached hydrogen (secondary N) is 1. The molecule has 8 nitrogen and oxygen atoms in total. The zero-order valence-corrected chi connectivity index (χ0v) is 22.6. The van der Waals surface area contributed by atoms with Gasteiger partial charge >= 0.3 is 0 Å². The molecule has 2 atom stereocenters. The third-order valence-corrected chi connectivity index (χ3v) is 7.85. The van der Waals surface area contributed by atoms with Crippen LogP contribution in [0.2, 0.25) is 0 Å². The Morgan fingerprint density at radius 2 is 1.74 bits per heavy atom. The molecule has 1 amide bonds. The van der Waals surface area contributed by atoms with Gasteiger partial charge in [-0.05, 0) is 56.4 Å². The molecule has 2 aliphatic rings. The van der Waals surface area contributed by atoms with E-state index in [0.717, 1.165) is 43.0 Å². The first-order valence-corrected chi connectivity index (χ1v) is 13.7. The number of amides is 1. The molecule has 1 N–H and O–H groups in total. The van der Waals surface area contributed by atoms with Crippen molar-refractivity contribution in [3.8, 4) is 0 Å². The second-order valence-electron chi connectivity index (χ2n) is 10.9. The molecule has 0 radical (unpaired) electrons. The summed E-state index contributed by atoms with van der Waals surface area (Å²) in [4.78, 5) is 38.1. The Morgan fingerprint density at radius 1 is 1.05 bits per heavy atom. The molecule has 1 saturated heterocycles. The van der Waals surface area contributed by atoms with Gasteiger partial charge in [0.2, 0.25) is 11.9 Å². The van der Waals surface area contributed by atoms with Crippen molar-refractivity contribution in [3.63, 3.8) is 0 Å². The third kappa shape index (κ3) is 5.65. The topological polar surface area (TPSA) is 83.4 Å². The van der Waals surface area contributed by atoms with Crippen LogP contribution in [0.25, 0.3) is 11.0 Å². The molecule has 1 aliphatic heterocycles. The van der Waals surface area contributed by atoms with Crippen molar-refractivity contribution in [3.05, 3.63) is 76.7 Å². The molecule has 2 aromatic heterocycles. The average molecular weight is 515 g/mol. The van der Waals surface area contributed by atoms with Crippen LogP contribution in [0.5, 0.6) is 0 Å². The number of carbonyl (C=O) groups is 1. The van der Waals surface area contributed by atoms with Crippen LogP contribution in [0.3, 0.4) is 0 Å². The van der Waals surface area contributed by atoms with Crippen LogP contribution in [0.4, 0.5) is 5.95 Å². The zero-order chi connectivity index (χ0) is 26.8. The van der Waals surface area contributed by atoms with E-state index in [2.05, 4.69) is 53.0 Å². The fraction of sp³-hybridized carbons (Fsp3) is 0.467. The van der Waals surface area contributed by atoms with Gasteiger partial charge in [-0.3, -0.25) is 19.1 Å². The maximum atomic E-state index is 12.4. The molecular formula is C30H38N6O2. The number of carbonyl (C=O) groups excluding carboxylic acids is 1. The number of hydrogen-bond acceptors (Lipinski definition) is 6. The SMILES string of the molecule is C=CC(=O)N1CCN([C@H](CC2CC2)c2ccc([C@H](C)Nc3ncc4ccc(=O)n(C(C)C)c4n3)cc2)CC1. The summed E-state index contributed by atoms with van der Waals surface area (Å²) in [6.07, 6.45) is 6.99. The van der Waals surface area contributed by atoms with Crippen molar-refractivity contribution in [2.75, 3.05) is 31.5 Å². The lowest BCUT2D eigenvalue weighted by Crippen LogP contribution is -2.49. The van der Waals surface area contributed by atoms with E-state index in [-0.39, 0.29) is 23.6 Å². The molecule has 8 heteroatoms. The number of hydrogen-bond donors (Lipinski definition) is 1. The fourth-order valence-electron chi connectivity index (χ4n) is 5.44. The van der Waals surface area contributed by atoms with E-state index in [4.69, 9.17) is 4.98 Å². The number of anilines is 1. The summed E-state index contributed by atoms with van der Waals surface area (Å²) in [6, 6.07) is 12.6. The van der Waals surface area contributed by atoms with Gasteiger partial charge in [0.1, 0.15) is 5.65 Å². The van der Waals surface area contributed by atoms with E-state index < -0.39 is 0 Å². The number of piperazine rings is 1. The highest BCUT2D eigenvalue weighted by Crippen LogP contribution is 2.40. The summed E-state index contributed by atoms with van der Waals surface area (Å²) >= 11 is 0. The standard InChI is InChI=1S/C30H38N6O2/c1-5-27(37)35-16-14-34(15-17-35)26(18-22-6-7-22)24-10-8-23(9-11-24)21(4)32-30-31-19-25-12-13-28(38)36(20(2)3)29(25)33-30/h5,8-13,19-22,26H,1,6-7,14-18H2,2-4H3,(H,31,32,33)/t21-,26+/m0/s1. The number of fused-ring (bicyclic) bond motifs is 1. The lowest BCUT2D eigenvalue weighted by molar-refractivity contribution is -0.128. The summed E-state index contributed by atoms with van der Waals surface area (Å²) in [5.74, 6) is 1.34. The molecule has 0 bridgehead atoms. The van der Waals surface area contributed by atoms with Crippen molar-refractivity contribution in [1.82, 2.24) is 24.3 Å². The highest BCUT2D eigenvalue weighted by molar-refractivity contribution is 5.87. The van der Waals surface area contributed by atoms with Crippen LogP contribution in [-0.4, -0.2) is 56.4 Å². The second kappa shape index (κ2) is 11.1. The van der Waals surface area contributed by atoms with Crippen LogP contribution in [0.1, 0.15) is 69.3 Å².